The topological polar surface area (TPSA) is 33.7 Å². The van der Waals surface area contributed by atoms with E-state index in [4.69, 9.17) is 9.47 Å². The van der Waals surface area contributed by atoms with E-state index in [0.717, 1.165) is 31.7 Å². The zero-order chi connectivity index (χ0) is 15.6. The van der Waals surface area contributed by atoms with Crippen LogP contribution in [0.2, 0.25) is 0 Å². The number of nitrogens with one attached hydrogen (secondary N) is 1. The number of nitrogens with zero attached hydrogens (tertiary/aromatic N) is 1. The Kier molecular flexibility index (Phi) is 6.00. The zero-order valence-electron chi connectivity index (χ0n) is 12.6. The van der Waals surface area contributed by atoms with Gasteiger partial charge >= 0.3 is 6.18 Å². The number of ether oxygens (including phenoxy) is 2. The first-order valence-electron chi connectivity index (χ1n) is 7.44. The summed E-state index contributed by atoms with van der Waals surface area (Å²) in [6, 6.07) is 5.13. The van der Waals surface area contributed by atoms with E-state index in [2.05, 4.69) is 10.2 Å². The van der Waals surface area contributed by atoms with Crippen LogP contribution in [0.15, 0.2) is 18.2 Å². The van der Waals surface area contributed by atoms with Crippen molar-refractivity contribution in [3.8, 4) is 11.5 Å². The van der Waals surface area contributed by atoms with Gasteiger partial charge in [-0.2, -0.15) is 13.2 Å². The summed E-state index contributed by atoms with van der Waals surface area (Å²) in [6.45, 7) is 3.16. The number of benzene rings is 1. The van der Waals surface area contributed by atoms with E-state index >= 15 is 0 Å². The molecule has 0 aromatic heterocycles. The van der Waals surface area contributed by atoms with Crippen LogP contribution in [0.1, 0.15) is 24.4 Å². The highest BCUT2D eigenvalue weighted by Gasteiger charge is 2.33. The van der Waals surface area contributed by atoms with Crippen molar-refractivity contribution < 1.29 is 22.6 Å². The van der Waals surface area contributed by atoms with Gasteiger partial charge < -0.3 is 14.8 Å². The van der Waals surface area contributed by atoms with Gasteiger partial charge in [0.1, 0.15) is 0 Å². The fraction of sp³-hybridized carbons (Fsp3) is 0.600. The highest BCUT2D eigenvalue weighted by molar-refractivity contribution is 5.85. The molecule has 8 heteroatoms. The molecule has 0 spiro atoms. The van der Waals surface area contributed by atoms with Crippen molar-refractivity contribution in [1.29, 1.82) is 0 Å². The predicted molar refractivity (Wildman–Crippen MR) is 82.3 cm³/mol. The minimum Gasteiger partial charge on any atom is -0.454 e. The van der Waals surface area contributed by atoms with Gasteiger partial charge in [0.2, 0.25) is 6.79 Å². The Morgan fingerprint density at radius 3 is 2.61 bits per heavy atom. The van der Waals surface area contributed by atoms with E-state index in [1.807, 2.05) is 12.1 Å². The number of hydrogen-bond acceptors (Lipinski definition) is 4. The second kappa shape index (κ2) is 7.59. The quantitative estimate of drug-likeness (QED) is 0.902. The Morgan fingerprint density at radius 2 is 1.91 bits per heavy atom. The molecule has 23 heavy (non-hydrogen) atoms. The molecule has 0 amide bonds. The van der Waals surface area contributed by atoms with E-state index in [9.17, 15) is 13.2 Å². The first kappa shape index (κ1) is 18.2. The molecule has 0 aliphatic carbocycles. The Balaban J connectivity index is 0.00000192. The van der Waals surface area contributed by atoms with Crippen LogP contribution in [-0.2, 0) is 0 Å². The SMILES string of the molecule is Cl.FC(F)(F)CC[C@H](c1cccc2c1OCO2)N1CCNCC1. The molecule has 0 bridgehead atoms. The lowest BCUT2D eigenvalue weighted by atomic mass is 9.98. The van der Waals surface area contributed by atoms with Gasteiger partial charge in [-0.3, -0.25) is 4.90 Å². The van der Waals surface area contributed by atoms with E-state index in [1.54, 1.807) is 6.07 Å². The normalized spacial score (nSPS) is 19.3. The molecule has 2 aliphatic rings. The molecule has 130 valence electrons. The summed E-state index contributed by atoms with van der Waals surface area (Å²) in [7, 11) is 0. The summed E-state index contributed by atoms with van der Waals surface area (Å²) in [5, 5.41) is 3.23. The number of piperazine rings is 1. The molecule has 1 N–H and O–H groups in total. The van der Waals surface area contributed by atoms with Gasteiger partial charge in [0, 0.05) is 44.2 Å². The second-order valence-electron chi connectivity index (χ2n) is 5.54. The average molecular weight is 353 g/mol. The van der Waals surface area contributed by atoms with Crippen molar-refractivity contribution in [3.05, 3.63) is 23.8 Å². The van der Waals surface area contributed by atoms with Gasteiger partial charge in [-0.1, -0.05) is 12.1 Å². The summed E-state index contributed by atoms with van der Waals surface area (Å²) < 4.78 is 48.9. The maximum absolute atomic E-state index is 12.7. The number of para-hydroxylation sites is 1. The highest BCUT2D eigenvalue weighted by atomic mass is 35.5. The van der Waals surface area contributed by atoms with Crippen LogP contribution in [0.3, 0.4) is 0 Å². The third-order valence-corrected chi connectivity index (χ3v) is 4.08. The first-order chi connectivity index (χ1) is 10.5. The maximum atomic E-state index is 12.7. The van der Waals surface area contributed by atoms with Crippen LogP contribution in [0.5, 0.6) is 11.5 Å². The van der Waals surface area contributed by atoms with Crippen LogP contribution in [-0.4, -0.2) is 44.0 Å². The summed E-state index contributed by atoms with van der Waals surface area (Å²) >= 11 is 0. The molecule has 1 aromatic carbocycles. The molecule has 1 fully saturated rings. The molecular weight excluding hydrogens is 333 g/mol. The highest BCUT2D eigenvalue weighted by Crippen LogP contribution is 2.42. The van der Waals surface area contributed by atoms with Crippen molar-refractivity contribution >= 4 is 12.4 Å². The van der Waals surface area contributed by atoms with Crippen LogP contribution < -0.4 is 14.8 Å². The van der Waals surface area contributed by atoms with Crippen molar-refractivity contribution in [1.82, 2.24) is 10.2 Å². The number of halogens is 4. The Labute approximate surface area is 139 Å². The molecule has 1 atom stereocenters. The van der Waals surface area contributed by atoms with E-state index in [0.29, 0.717) is 11.5 Å². The molecule has 2 heterocycles. The Hall–Kier alpha value is -1.18. The van der Waals surface area contributed by atoms with Crippen LogP contribution in [0.4, 0.5) is 13.2 Å². The van der Waals surface area contributed by atoms with Gasteiger partial charge in [0.15, 0.2) is 11.5 Å². The lowest BCUT2D eigenvalue weighted by Crippen LogP contribution is -2.45. The van der Waals surface area contributed by atoms with Crippen molar-refractivity contribution in [2.45, 2.75) is 25.1 Å². The van der Waals surface area contributed by atoms with E-state index < -0.39 is 12.6 Å². The summed E-state index contributed by atoms with van der Waals surface area (Å²) in [5.41, 5.74) is 0.793. The maximum Gasteiger partial charge on any atom is 0.389 e. The summed E-state index contributed by atoms with van der Waals surface area (Å²) in [6.07, 6.45) is -4.92. The van der Waals surface area contributed by atoms with Crippen LogP contribution >= 0.6 is 12.4 Å². The zero-order valence-corrected chi connectivity index (χ0v) is 13.4. The molecule has 4 nitrogen and oxygen atoms in total. The lowest BCUT2D eigenvalue weighted by Gasteiger charge is -2.35. The van der Waals surface area contributed by atoms with Crippen LogP contribution in [0, 0.1) is 0 Å². The minimum absolute atomic E-state index is 0. The molecule has 0 radical (unpaired) electrons. The van der Waals surface area contributed by atoms with Gasteiger partial charge in [0.05, 0.1) is 0 Å². The van der Waals surface area contributed by atoms with Crippen LogP contribution in [0.25, 0.3) is 0 Å². The van der Waals surface area contributed by atoms with Gasteiger partial charge in [-0.05, 0) is 12.5 Å². The molecule has 1 aromatic rings. The Morgan fingerprint density at radius 1 is 1.17 bits per heavy atom. The molecule has 0 saturated carbocycles. The average Bonchev–Trinajstić information content (AvgIpc) is 2.96. The fourth-order valence-electron chi connectivity index (χ4n) is 3.04. The first-order valence-corrected chi connectivity index (χ1v) is 7.44. The van der Waals surface area contributed by atoms with Crippen molar-refractivity contribution in [2.24, 2.45) is 0 Å². The lowest BCUT2D eigenvalue weighted by molar-refractivity contribution is -0.138. The summed E-state index contributed by atoms with van der Waals surface area (Å²) in [5.74, 6) is 1.21. The Bertz CT molecular complexity index is 522. The third-order valence-electron chi connectivity index (χ3n) is 4.08. The van der Waals surface area contributed by atoms with Gasteiger partial charge in [-0.15, -0.1) is 12.4 Å². The molecule has 0 unspecified atom stereocenters. The predicted octanol–water partition coefficient (Wildman–Crippen LogP) is 3.13. The smallest absolute Gasteiger partial charge is 0.389 e. The number of hydrogen-bond donors (Lipinski definition) is 1. The number of fused-ring (bicyclic) bond motifs is 1. The largest absolute Gasteiger partial charge is 0.454 e. The van der Waals surface area contributed by atoms with E-state index in [1.165, 1.54) is 0 Å². The molecule has 2 aliphatic heterocycles. The number of alkyl halides is 3. The molecular formula is C15H20ClF3N2O2. The second-order valence-corrected chi connectivity index (χ2v) is 5.54. The van der Waals surface area contributed by atoms with Crippen molar-refractivity contribution in [2.75, 3.05) is 33.0 Å². The van der Waals surface area contributed by atoms with Gasteiger partial charge in [0.25, 0.3) is 0 Å². The third kappa shape index (κ3) is 4.43. The molecule has 3 rings (SSSR count). The van der Waals surface area contributed by atoms with Gasteiger partial charge in [-0.25, -0.2) is 0 Å². The molecule has 1 saturated heterocycles. The standard InChI is InChI=1S/C15H19F3N2O2.ClH/c16-15(17,18)5-4-12(20-8-6-19-7-9-20)11-2-1-3-13-14(11)22-10-21-13;/h1-3,12,19H,4-10H2;1H/t12-;/m1./s1. The fourth-order valence-corrected chi connectivity index (χ4v) is 3.04. The monoisotopic (exact) mass is 352 g/mol. The van der Waals surface area contributed by atoms with Crippen molar-refractivity contribution in [3.63, 3.8) is 0 Å². The number of rotatable bonds is 4. The summed E-state index contributed by atoms with van der Waals surface area (Å²) in [4.78, 5) is 2.10. The van der Waals surface area contributed by atoms with E-state index in [-0.39, 0.29) is 31.7 Å². The minimum atomic E-state index is -4.15.